The lowest BCUT2D eigenvalue weighted by Crippen LogP contribution is -2.43. The van der Waals surface area contributed by atoms with Crippen LogP contribution in [0.2, 0.25) is 0 Å². The largest absolute Gasteiger partial charge is 0.451 e. The minimum atomic E-state index is -0.850. The average Bonchev–Trinajstić information content (AvgIpc) is 3.32. The maximum atomic E-state index is 14.8. The van der Waals surface area contributed by atoms with Crippen molar-refractivity contribution >= 4 is 45.8 Å². The Morgan fingerprint density at radius 3 is 2.59 bits per heavy atom. The summed E-state index contributed by atoms with van der Waals surface area (Å²) in [5.74, 6) is -1.85. The van der Waals surface area contributed by atoms with Gasteiger partial charge in [-0.1, -0.05) is 31.0 Å². The molecule has 3 aromatic heterocycles. The molecule has 0 radical (unpaired) electrons. The van der Waals surface area contributed by atoms with Crippen molar-refractivity contribution in [2.24, 2.45) is 11.5 Å². The Morgan fingerprint density at radius 1 is 1.03 bits per heavy atom. The number of para-hydroxylation sites is 1. The minimum absolute atomic E-state index is 0.0304. The minimum Gasteiger partial charge on any atom is -0.451 e. The predicted molar refractivity (Wildman–Crippen MR) is 138 cm³/mol. The van der Waals surface area contributed by atoms with Crippen LogP contribution < -0.4 is 27.4 Å². The van der Waals surface area contributed by atoms with Crippen LogP contribution in [0.3, 0.4) is 0 Å². The molecule has 11 heteroatoms. The van der Waals surface area contributed by atoms with Crippen molar-refractivity contribution in [1.82, 2.24) is 9.97 Å². The SMILES string of the molecule is NC(=O)c1cc(F)c(NC2CCCC[C@@H]2N)nc1Nc1cncc(NC(=O)c2cc3ccccc3o2)c1. The Balaban J connectivity index is 1.37. The molecule has 0 bridgehead atoms. The highest BCUT2D eigenvalue weighted by molar-refractivity contribution is 6.05. The van der Waals surface area contributed by atoms with E-state index in [0.29, 0.717) is 17.0 Å². The smallest absolute Gasteiger partial charge is 0.291 e. The van der Waals surface area contributed by atoms with Gasteiger partial charge in [-0.25, -0.2) is 9.37 Å². The highest BCUT2D eigenvalue weighted by Gasteiger charge is 2.24. The maximum Gasteiger partial charge on any atom is 0.291 e. The molecule has 1 saturated carbocycles. The molecule has 1 fully saturated rings. The summed E-state index contributed by atoms with van der Waals surface area (Å²) in [6, 6.07) is 11.3. The summed E-state index contributed by atoms with van der Waals surface area (Å²) in [6.07, 6.45) is 6.56. The van der Waals surface area contributed by atoms with Crippen molar-refractivity contribution in [3.05, 3.63) is 72.0 Å². The number of rotatable bonds is 7. The number of nitrogens with two attached hydrogens (primary N) is 2. The molecular formula is C26H26FN7O3. The second-order valence-electron chi connectivity index (χ2n) is 8.97. The molecule has 190 valence electrons. The van der Waals surface area contributed by atoms with Crippen LogP contribution in [0.25, 0.3) is 11.0 Å². The van der Waals surface area contributed by atoms with E-state index in [0.717, 1.165) is 37.1 Å². The van der Waals surface area contributed by atoms with Crippen molar-refractivity contribution < 1.29 is 18.4 Å². The number of amides is 2. The third-order valence-corrected chi connectivity index (χ3v) is 6.29. The quantitative estimate of drug-likeness (QED) is 0.251. The van der Waals surface area contributed by atoms with Gasteiger partial charge in [-0.05, 0) is 37.1 Å². The zero-order valence-corrected chi connectivity index (χ0v) is 19.8. The normalized spacial score (nSPS) is 17.4. The van der Waals surface area contributed by atoms with Crippen LogP contribution in [0.15, 0.2) is 59.3 Å². The van der Waals surface area contributed by atoms with Crippen LogP contribution in [-0.2, 0) is 0 Å². The first-order valence-corrected chi connectivity index (χ1v) is 11.9. The lowest BCUT2D eigenvalue weighted by atomic mass is 9.91. The highest BCUT2D eigenvalue weighted by atomic mass is 19.1. The van der Waals surface area contributed by atoms with E-state index in [2.05, 4.69) is 25.9 Å². The number of hydrogen-bond acceptors (Lipinski definition) is 8. The standard InChI is InChI=1S/C26H26FN7O3/c27-18-11-17(23(29)35)24(34-25(18)33-20-7-3-2-6-19(20)28)31-15-10-16(13-30-12-15)32-26(36)22-9-14-5-1-4-8-21(14)37-22/h1,4-5,8-13,19-20H,2-3,6-7,28H2,(H2,29,35)(H,32,36)(H2,31,33,34)/t19-,20?/m0/s1. The van der Waals surface area contributed by atoms with Gasteiger partial charge in [0.2, 0.25) is 0 Å². The topological polar surface area (TPSA) is 161 Å². The second kappa shape index (κ2) is 10.2. The number of aromatic nitrogens is 2. The monoisotopic (exact) mass is 503 g/mol. The maximum absolute atomic E-state index is 14.8. The van der Waals surface area contributed by atoms with Gasteiger partial charge in [-0.15, -0.1) is 0 Å². The van der Waals surface area contributed by atoms with Crippen molar-refractivity contribution in [3.63, 3.8) is 0 Å². The van der Waals surface area contributed by atoms with Crippen molar-refractivity contribution in [2.75, 3.05) is 16.0 Å². The molecule has 3 heterocycles. The van der Waals surface area contributed by atoms with E-state index < -0.39 is 17.6 Å². The van der Waals surface area contributed by atoms with Crippen LogP contribution in [0, 0.1) is 5.82 Å². The Hall–Kier alpha value is -4.51. The summed E-state index contributed by atoms with van der Waals surface area (Å²) in [4.78, 5) is 33.1. The molecule has 5 rings (SSSR count). The zero-order chi connectivity index (χ0) is 25.9. The van der Waals surface area contributed by atoms with Gasteiger partial charge >= 0.3 is 0 Å². The number of pyridine rings is 2. The molecule has 7 N–H and O–H groups in total. The Morgan fingerprint density at radius 2 is 1.81 bits per heavy atom. The molecule has 0 aliphatic heterocycles. The number of furan rings is 1. The Kier molecular flexibility index (Phi) is 6.69. The number of halogens is 1. The van der Waals surface area contributed by atoms with E-state index in [-0.39, 0.29) is 35.0 Å². The van der Waals surface area contributed by atoms with Gasteiger partial charge in [0, 0.05) is 17.5 Å². The van der Waals surface area contributed by atoms with Gasteiger partial charge in [0.05, 0.1) is 29.3 Å². The molecule has 37 heavy (non-hydrogen) atoms. The molecule has 2 atom stereocenters. The van der Waals surface area contributed by atoms with Gasteiger partial charge in [-0.2, -0.15) is 0 Å². The molecule has 1 aromatic carbocycles. The first-order chi connectivity index (χ1) is 17.9. The first kappa shape index (κ1) is 24.2. The van der Waals surface area contributed by atoms with E-state index >= 15 is 0 Å². The fraction of sp³-hybridized carbons (Fsp3) is 0.231. The summed E-state index contributed by atoms with van der Waals surface area (Å²) in [5.41, 5.74) is 12.9. The van der Waals surface area contributed by atoms with Crippen LogP contribution >= 0.6 is 0 Å². The third kappa shape index (κ3) is 5.36. The Bertz CT molecular complexity index is 1440. The van der Waals surface area contributed by atoms with Crippen LogP contribution in [0.4, 0.5) is 27.4 Å². The van der Waals surface area contributed by atoms with Crippen LogP contribution in [0.1, 0.15) is 46.6 Å². The Labute approximate surface area is 211 Å². The van der Waals surface area contributed by atoms with Gasteiger partial charge in [-0.3, -0.25) is 14.6 Å². The van der Waals surface area contributed by atoms with Crippen LogP contribution in [-0.4, -0.2) is 33.9 Å². The summed E-state index contributed by atoms with van der Waals surface area (Å²) in [5, 5.41) is 9.56. The van der Waals surface area contributed by atoms with E-state index in [4.69, 9.17) is 15.9 Å². The number of nitrogens with zero attached hydrogens (tertiary/aromatic N) is 2. The lowest BCUT2D eigenvalue weighted by molar-refractivity contribution is 0.0991. The fourth-order valence-electron chi connectivity index (χ4n) is 4.39. The number of primary amides is 1. The zero-order valence-electron chi connectivity index (χ0n) is 19.8. The lowest BCUT2D eigenvalue weighted by Gasteiger charge is -2.30. The van der Waals surface area contributed by atoms with Gasteiger partial charge < -0.3 is 31.8 Å². The number of benzene rings is 1. The molecule has 10 nitrogen and oxygen atoms in total. The molecule has 1 aliphatic rings. The number of hydrogen-bond donors (Lipinski definition) is 5. The van der Waals surface area contributed by atoms with Crippen molar-refractivity contribution in [2.45, 2.75) is 37.8 Å². The van der Waals surface area contributed by atoms with Gasteiger partial charge in [0.1, 0.15) is 11.4 Å². The van der Waals surface area contributed by atoms with Crippen LogP contribution in [0.5, 0.6) is 0 Å². The third-order valence-electron chi connectivity index (χ3n) is 6.29. The molecule has 1 aliphatic carbocycles. The summed E-state index contributed by atoms with van der Waals surface area (Å²) in [6.45, 7) is 0. The van der Waals surface area contributed by atoms with E-state index in [9.17, 15) is 14.0 Å². The number of carbonyl (C=O) groups excluding carboxylic acids is 2. The van der Waals surface area contributed by atoms with E-state index in [1.165, 1.54) is 12.4 Å². The fourth-order valence-corrected chi connectivity index (χ4v) is 4.39. The molecular weight excluding hydrogens is 477 g/mol. The van der Waals surface area contributed by atoms with Crippen molar-refractivity contribution in [1.29, 1.82) is 0 Å². The number of nitrogens with one attached hydrogen (secondary N) is 3. The molecule has 0 spiro atoms. The molecule has 2 amide bonds. The molecule has 0 saturated heterocycles. The highest BCUT2D eigenvalue weighted by Crippen LogP contribution is 2.27. The summed E-state index contributed by atoms with van der Waals surface area (Å²) < 4.78 is 20.4. The predicted octanol–water partition coefficient (Wildman–Crippen LogP) is 4.14. The molecule has 1 unspecified atom stereocenters. The number of fused-ring (bicyclic) bond motifs is 1. The van der Waals surface area contributed by atoms with E-state index in [1.54, 1.807) is 18.2 Å². The first-order valence-electron chi connectivity index (χ1n) is 11.9. The molecule has 4 aromatic rings. The second-order valence-corrected chi connectivity index (χ2v) is 8.97. The summed E-state index contributed by atoms with van der Waals surface area (Å²) >= 11 is 0. The van der Waals surface area contributed by atoms with Gasteiger partial charge in [0.15, 0.2) is 17.4 Å². The van der Waals surface area contributed by atoms with Gasteiger partial charge in [0.25, 0.3) is 11.8 Å². The van der Waals surface area contributed by atoms with E-state index in [1.807, 2.05) is 18.2 Å². The average molecular weight is 504 g/mol. The van der Waals surface area contributed by atoms with Crippen molar-refractivity contribution in [3.8, 4) is 0 Å². The number of carbonyl (C=O) groups is 2. The summed E-state index contributed by atoms with van der Waals surface area (Å²) in [7, 11) is 0. The number of anilines is 4.